The second-order valence-corrected chi connectivity index (χ2v) is 4.71. The molecular weight excluding hydrogens is 248 g/mol. The monoisotopic (exact) mass is 265 g/mol. The van der Waals surface area contributed by atoms with Gasteiger partial charge in [-0.2, -0.15) is 0 Å². The molecule has 0 bridgehead atoms. The fourth-order valence-corrected chi connectivity index (χ4v) is 2.36. The van der Waals surface area contributed by atoms with Gasteiger partial charge in [0.15, 0.2) is 11.6 Å². The van der Waals surface area contributed by atoms with Crippen molar-refractivity contribution in [3.05, 3.63) is 42.0 Å². The first-order chi connectivity index (χ1) is 9.11. The van der Waals surface area contributed by atoms with Gasteiger partial charge in [-0.3, -0.25) is 4.79 Å². The highest BCUT2D eigenvalue weighted by molar-refractivity contribution is 5.93. The zero-order chi connectivity index (χ0) is 13.8. The van der Waals surface area contributed by atoms with E-state index in [0.717, 1.165) is 25.0 Å². The zero-order valence-electron chi connectivity index (χ0n) is 10.9. The first-order valence-corrected chi connectivity index (χ1v) is 6.54. The van der Waals surface area contributed by atoms with Gasteiger partial charge in [0.25, 0.3) is 0 Å². The molecule has 1 amide bonds. The molecule has 1 aromatic carbocycles. The predicted octanol–water partition coefficient (Wildman–Crippen LogP) is 3.67. The quantitative estimate of drug-likeness (QED) is 0.760. The smallest absolute Gasteiger partial charge is 0.227 e. The molecule has 0 N–H and O–H groups in total. The minimum Gasteiger partial charge on any atom is -0.313 e. The molecule has 19 heavy (non-hydrogen) atoms. The van der Waals surface area contributed by atoms with Gasteiger partial charge in [0.2, 0.25) is 5.91 Å². The summed E-state index contributed by atoms with van der Waals surface area (Å²) in [5.41, 5.74) is 0.411. The highest BCUT2D eigenvalue weighted by Crippen LogP contribution is 2.24. The second kappa shape index (κ2) is 5.95. The topological polar surface area (TPSA) is 20.3 Å². The van der Waals surface area contributed by atoms with Crippen LogP contribution in [0.3, 0.4) is 0 Å². The normalized spacial score (nSPS) is 17.7. The van der Waals surface area contributed by atoms with Gasteiger partial charge in [-0.25, -0.2) is 8.78 Å². The van der Waals surface area contributed by atoms with Crippen LogP contribution in [0, 0.1) is 17.6 Å². The van der Waals surface area contributed by atoms with Crippen LogP contribution < -0.4 is 4.90 Å². The molecule has 0 fully saturated rings. The van der Waals surface area contributed by atoms with Crippen LogP contribution in [-0.2, 0) is 4.79 Å². The average Bonchev–Trinajstić information content (AvgIpc) is 2.87. The molecule has 1 aliphatic rings. The molecule has 2 nitrogen and oxygen atoms in total. The Hall–Kier alpha value is -1.71. The Kier molecular flexibility index (Phi) is 4.30. The van der Waals surface area contributed by atoms with Crippen molar-refractivity contribution in [3.8, 4) is 0 Å². The first-order valence-electron chi connectivity index (χ1n) is 6.54. The highest BCUT2D eigenvalue weighted by atomic mass is 19.2. The van der Waals surface area contributed by atoms with Crippen molar-refractivity contribution in [2.75, 3.05) is 11.4 Å². The standard InChI is InChI=1S/C15H17F2NO/c1-2-18(12-7-8-13(16)14(17)10-12)15(19)9-11-5-3-4-6-11/h3,5,7-8,10-11H,2,4,6,9H2,1H3. The van der Waals surface area contributed by atoms with Crippen LogP contribution in [0.2, 0.25) is 0 Å². The summed E-state index contributed by atoms with van der Waals surface area (Å²) in [4.78, 5) is 13.7. The first kappa shape index (κ1) is 13.7. The van der Waals surface area contributed by atoms with Crippen LogP contribution in [0.1, 0.15) is 26.2 Å². The maximum atomic E-state index is 13.2. The third-order valence-electron chi connectivity index (χ3n) is 3.38. The Labute approximate surface area is 111 Å². The number of halogens is 2. The third-order valence-corrected chi connectivity index (χ3v) is 3.38. The number of carbonyl (C=O) groups excluding carboxylic acids is 1. The Balaban J connectivity index is 2.11. The van der Waals surface area contributed by atoms with Crippen molar-refractivity contribution in [2.45, 2.75) is 26.2 Å². The van der Waals surface area contributed by atoms with E-state index in [1.54, 1.807) is 0 Å². The number of allylic oxidation sites excluding steroid dienone is 2. The van der Waals surface area contributed by atoms with Crippen molar-refractivity contribution >= 4 is 11.6 Å². The summed E-state index contributed by atoms with van der Waals surface area (Å²) >= 11 is 0. The van der Waals surface area contributed by atoms with Crippen LogP contribution in [0.25, 0.3) is 0 Å². The molecule has 4 heteroatoms. The Morgan fingerprint density at radius 1 is 1.37 bits per heavy atom. The SMILES string of the molecule is CCN(C(=O)CC1C=CCC1)c1ccc(F)c(F)c1. The molecule has 0 aromatic heterocycles. The van der Waals surface area contributed by atoms with Gasteiger partial charge >= 0.3 is 0 Å². The molecule has 0 spiro atoms. The van der Waals surface area contributed by atoms with Gasteiger partial charge in [-0.1, -0.05) is 12.2 Å². The largest absolute Gasteiger partial charge is 0.313 e. The Morgan fingerprint density at radius 3 is 2.74 bits per heavy atom. The number of nitrogens with zero attached hydrogens (tertiary/aromatic N) is 1. The van der Waals surface area contributed by atoms with E-state index in [-0.39, 0.29) is 11.8 Å². The van der Waals surface area contributed by atoms with Gasteiger partial charge in [0.05, 0.1) is 0 Å². The molecule has 1 aromatic rings. The highest BCUT2D eigenvalue weighted by Gasteiger charge is 2.20. The van der Waals surface area contributed by atoms with Crippen LogP contribution in [0.15, 0.2) is 30.4 Å². The summed E-state index contributed by atoms with van der Waals surface area (Å²) in [6, 6.07) is 3.56. The summed E-state index contributed by atoms with van der Waals surface area (Å²) in [5, 5.41) is 0. The third kappa shape index (κ3) is 3.19. The predicted molar refractivity (Wildman–Crippen MR) is 70.9 cm³/mol. The fourth-order valence-electron chi connectivity index (χ4n) is 2.36. The molecular formula is C15H17F2NO. The lowest BCUT2D eigenvalue weighted by atomic mass is 10.0. The van der Waals surface area contributed by atoms with Crippen molar-refractivity contribution in [1.82, 2.24) is 0 Å². The van der Waals surface area contributed by atoms with Gasteiger partial charge in [-0.15, -0.1) is 0 Å². The second-order valence-electron chi connectivity index (χ2n) is 4.71. The van der Waals surface area contributed by atoms with Crippen LogP contribution >= 0.6 is 0 Å². The number of benzene rings is 1. The van der Waals surface area contributed by atoms with Gasteiger partial charge < -0.3 is 4.90 Å². The van der Waals surface area contributed by atoms with E-state index in [9.17, 15) is 13.6 Å². The number of hydrogen-bond donors (Lipinski definition) is 0. The molecule has 0 aliphatic heterocycles. The number of hydrogen-bond acceptors (Lipinski definition) is 1. The molecule has 2 rings (SSSR count). The maximum absolute atomic E-state index is 13.2. The van der Waals surface area contributed by atoms with Gasteiger partial charge in [0, 0.05) is 24.7 Å². The lowest BCUT2D eigenvalue weighted by Crippen LogP contribution is -2.31. The summed E-state index contributed by atoms with van der Waals surface area (Å²) < 4.78 is 26.1. The van der Waals surface area contributed by atoms with Crippen molar-refractivity contribution in [2.24, 2.45) is 5.92 Å². The molecule has 1 atom stereocenters. The molecule has 102 valence electrons. The minimum absolute atomic E-state index is 0.0509. The average molecular weight is 265 g/mol. The maximum Gasteiger partial charge on any atom is 0.227 e. The summed E-state index contributed by atoms with van der Waals surface area (Å²) in [6.07, 6.45) is 6.54. The summed E-state index contributed by atoms with van der Waals surface area (Å²) in [5.74, 6) is -1.60. The molecule has 1 unspecified atom stereocenters. The van der Waals surface area contributed by atoms with E-state index in [2.05, 4.69) is 12.2 Å². The van der Waals surface area contributed by atoms with E-state index in [1.807, 2.05) is 6.92 Å². The lowest BCUT2D eigenvalue weighted by molar-refractivity contribution is -0.119. The van der Waals surface area contributed by atoms with E-state index in [0.29, 0.717) is 18.7 Å². The van der Waals surface area contributed by atoms with E-state index < -0.39 is 11.6 Å². The van der Waals surface area contributed by atoms with Crippen molar-refractivity contribution < 1.29 is 13.6 Å². The molecule has 0 radical (unpaired) electrons. The van der Waals surface area contributed by atoms with E-state index in [4.69, 9.17) is 0 Å². The molecule has 0 heterocycles. The number of rotatable bonds is 4. The summed E-state index contributed by atoms with van der Waals surface area (Å²) in [6.45, 7) is 2.27. The molecule has 0 saturated carbocycles. The van der Waals surface area contributed by atoms with E-state index >= 15 is 0 Å². The number of amides is 1. The van der Waals surface area contributed by atoms with Crippen LogP contribution in [-0.4, -0.2) is 12.5 Å². The van der Waals surface area contributed by atoms with E-state index in [1.165, 1.54) is 11.0 Å². The van der Waals surface area contributed by atoms with Gasteiger partial charge in [-0.05, 0) is 37.8 Å². The Bertz CT molecular complexity index is 499. The number of anilines is 1. The molecule has 1 aliphatic carbocycles. The minimum atomic E-state index is -0.926. The fraction of sp³-hybridized carbons (Fsp3) is 0.400. The molecule has 0 saturated heterocycles. The van der Waals surface area contributed by atoms with Crippen LogP contribution in [0.5, 0.6) is 0 Å². The van der Waals surface area contributed by atoms with Gasteiger partial charge in [0.1, 0.15) is 0 Å². The van der Waals surface area contributed by atoms with Crippen LogP contribution in [0.4, 0.5) is 14.5 Å². The van der Waals surface area contributed by atoms with Crippen molar-refractivity contribution in [1.29, 1.82) is 0 Å². The Morgan fingerprint density at radius 2 is 2.16 bits per heavy atom. The summed E-state index contributed by atoms with van der Waals surface area (Å²) in [7, 11) is 0. The number of carbonyl (C=O) groups is 1. The lowest BCUT2D eigenvalue weighted by Gasteiger charge is -2.22. The van der Waals surface area contributed by atoms with Crippen molar-refractivity contribution in [3.63, 3.8) is 0 Å². The zero-order valence-corrected chi connectivity index (χ0v) is 10.9.